The van der Waals surface area contributed by atoms with Crippen molar-refractivity contribution in [2.45, 2.75) is 54.4 Å². The second-order valence-electron chi connectivity index (χ2n) is 2.83. The summed E-state index contributed by atoms with van der Waals surface area (Å²) in [6.45, 7) is 14.4. The lowest BCUT2D eigenvalue weighted by atomic mass is 10.0. The number of hydrogen-bond donors (Lipinski definition) is 0. The molecule has 0 aliphatic heterocycles. The van der Waals surface area contributed by atoms with Crippen LogP contribution in [-0.2, 0) is 0 Å². The minimum atomic E-state index is 0.591. The summed E-state index contributed by atoms with van der Waals surface area (Å²) < 4.78 is 0. The smallest absolute Gasteiger partial charge is 0.0407 e. The molecule has 0 aliphatic carbocycles. The van der Waals surface area contributed by atoms with E-state index in [2.05, 4.69) is 31.8 Å². The first kappa shape index (κ1) is 15.6. The van der Waals surface area contributed by atoms with Crippen molar-refractivity contribution in [1.82, 2.24) is 4.98 Å². The van der Waals surface area contributed by atoms with Crippen molar-refractivity contribution in [3.8, 4) is 0 Å². The molecule has 0 radical (unpaired) electrons. The molecule has 0 unspecified atom stereocenters. The van der Waals surface area contributed by atoms with E-state index >= 15 is 0 Å². The van der Waals surface area contributed by atoms with E-state index in [9.17, 15) is 0 Å². The third-order valence-electron chi connectivity index (χ3n) is 1.67. The third-order valence-corrected chi connectivity index (χ3v) is 1.67. The molecule has 1 rings (SSSR count). The summed E-state index contributed by atoms with van der Waals surface area (Å²) in [6, 6.07) is 4.12. The molecule has 1 nitrogen and oxygen atoms in total. The molecule has 1 aromatic rings. The molecule has 0 atom stereocenters. The van der Waals surface area contributed by atoms with Crippen LogP contribution in [0.2, 0.25) is 0 Å². The van der Waals surface area contributed by atoms with E-state index in [1.165, 1.54) is 5.56 Å². The summed E-state index contributed by atoms with van der Waals surface area (Å²) in [6.07, 6.45) is 1.83. The maximum atomic E-state index is 4.20. The van der Waals surface area contributed by atoms with Gasteiger partial charge in [0.15, 0.2) is 0 Å². The van der Waals surface area contributed by atoms with E-state index in [0.717, 1.165) is 5.69 Å². The van der Waals surface area contributed by atoms with Crippen molar-refractivity contribution in [1.29, 1.82) is 0 Å². The molecule has 0 aromatic carbocycles. The molecule has 1 aromatic heterocycles. The molecule has 0 fully saturated rings. The molecule has 0 spiro atoms. The van der Waals surface area contributed by atoms with Crippen LogP contribution in [0.5, 0.6) is 0 Å². The molecule has 82 valence electrons. The molecule has 0 amide bonds. The maximum absolute atomic E-state index is 4.20. The SMILES string of the molecule is CC.CC.Cc1ncccc1C(C)C. The zero-order chi connectivity index (χ0) is 11.6. The number of aromatic nitrogens is 1. The Morgan fingerprint density at radius 2 is 1.57 bits per heavy atom. The van der Waals surface area contributed by atoms with Crippen molar-refractivity contribution in [3.05, 3.63) is 29.6 Å². The van der Waals surface area contributed by atoms with Gasteiger partial charge in [-0.25, -0.2) is 0 Å². The molecule has 0 saturated heterocycles. The van der Waals surface area contributed by atoms with Crippen LogP contribution in [0, 0.1) is 6.92 Å². The second-order valence-corrected chi connectivity index (χ2v) is 2.83. The zero-order valence-corrected chi connectivity index (χ0v) is 10.8. The van der Waals surface area contributed by atoms with Crippen LogP contribution in [0.15, 0.2) is 18.3 Å². The zero-order valence-electron chi connectivity index (χ0n) is 10.8. The summed E-state index contributed by atoms with van der Waals surface area (Å²) in [5, 5.41) is 0. The highest BCUT2D eigenvalue weighted by molar-refractivity contribution is 5.21. The van der Waals surface area contributed by atoms with Crippen LogP contribution < -0.4 is 0 Å². The molecule has 0 aliphatic rings. The van der Waals surface area contributed by atoms with E-state index in [1.807, 2.05) is 40.0 Å². The van der Waals surface area contributed by atoms with Crippen molar-refractivity contribution < 1.29 is 0 Å². The highest BCUT2D eigenvalue weighted by atomic mass is 14.7. The fourth-order valence-corrected chi connectivity index (χ4v) is 1.11. The molecular weight excluding hydrogens is 170 g/mol. The fraction of sp³-hybridized carbons (Fsp3) is 0.615. The summed E-state index contributed by atoms with van der Waals surface area (Å²) in [5.74, 6) is 0.591. The first-order chi connectivity index (χ1) is 6.72. The lowest BCUT2D eigenvalue weighted by molar-refractivity contribution is 0.843. The number of hydrogen-bond acceptors (Lipinski definition) is 1. The van der Waals surface area contributed by atoms with Gasteiger partial charge in [-0.1, -0.05) is 47.6 Å². The van der Waals surface area contributed by atoms with Gasteiger partial charge in [-0.2, -0.15) is 0 Å². The maximum Gasteiger partial charge on any atom is 0.0407 e. The summed E-state index contributed by atoms with van der Waals surface area (Å²) >= 11 is 0. The lowest BCUT2D eigenvalue weighted by Crippen LogP contribution is -1.92. The van der Waals surface area contributed by atoms with Gasteiger partial charge >= 0.3 is 0 Å². The molecule has 0 N–H and O–H groups in total. The average molecular weight is 195 g/mol. The standard InChI is InChI=1S/C9H13N.2C2H6/c1-7(2)9-5-4-6-10-8(9)3;2*1-2/h4-7H,1-3H3;2*1-2H3. The van der Waals surface area contributed by atoms with Crippen LogP contribution >= 0.6 is 0 Å². The number of pyridine rings is 1. The van der Waals surface area contributed by atoms with E-state index in [1.54, 1.807) is 0 Å². The lowest BCUT2D eigenvalue weighted by Gasteiger charge is -2.06. The van der Waals surface area contributed by atoms with Crippen molar-refractivity contribution in [3.63, 3.8) is 0 Å². The quantitative estimate of drug-likeness (QED) is 0.640. The predicted octanol–water partition coefficient (Wildman–Crippen LogP) is 4.57. The predicted molar refractivity (Wildman–Crippen MR) is 65.8 cm³/mol. The van der Waals surface area contributed by atoms with Crippen LogP contribution in [0.25, 0.3) is 0 Å². The minimum Gasteiger partial charge on any atom is -0.261 e. The molecular formula is C13H25N. The summed E-state index contributed by atoms with van der Waals surface area (Å²) in [4.78, 5) is 4.20. The number of rotatable bonds is 1. The Kier molecular flexibility index (Phi) is 11.4. The van der Waals surface area contributed by atoms with E-state index in [-0.39, 0.29) is 0 Å². The fourth-order valence-electron chi connectivity index (χ4n) is 1.11. The number of aryl methyl sites for hydroxylation is 1. The van der Waals surface area contributed by atoms with Crippen molar-refractivity contribution in [2.24, 2.45) is 0 Å². The van der Waals surface area contributed by atoms with Crippen LogP contribution in [0.1, 0.15) is 58.7 Å². The monoisotopic (exact) mass is 195 g/mol. The molecule has 0 saturated carbocycles. The molecule has 1 heterocycles. The Hall–Kier alpha value is -0.850. The van der Waals surface area contributed by atoms with E-state index in [4.69, 9.17) is 0 Å². The van der Waals surface area contributed by atoms with Gasteiger partial charge in [0.1, 0.15) is 0 Å². The highest BCUT2D eigenvalue weighted by Gasteiger charge is 2.00. The van der Waals surface area contributed by atoms with Gasteiger partial charge in [0, 0.05) is 11.9 Å². The van der Waals surface area contributed by atoms with Gasteiger partial charge in [0.05, 0.1) is 0 Å². The molecule has 0 bridgehead atoms. The average Bonchev–Trinajstić information content (AvgIpc) is 2.24. The largest absolute Gasteiger partial charge is 0.261 e. The van der Waals surface area contributed by atoms with Crippen molar-refractivity contribution >= 4 is 0 Å². The van der Waals surface area contributed by atoms with Gasteiger partial charge in [0.25, 0.3) is 0 Å². The van der Waals surface area contributed by atoms with Crippen LogP contribution in [0.3, 0.4) is 0 Å². The Balaban J connectivity index is 0. The van der Waals surface area contributed by atoms with Crippen molar-refractivity contribution in [2.75, 3.05) is 0 Å². The van der Waals surface area contributed by atoms with Gasteiger partial charge in [-0.3, -0.25) is 4.98 Å². The summed E-state index contributed by atoms with van der Waals surface area (Å²) in [7, 11) is 0. The van der Waals surface area contributed by atoms with Gasteiger partial charge in [0.2, 0.25) is 0 Å². The Morgan fingerprint density at radius 1 is 1.07 bits per heavy atom. The first-order valence-corrected chi connectivity index (χ1v) is 5.63. The van der Waals surface area contributed by atoms with Gasteiger partial charge in [-0.15, -0.1) is 0 Å². The van der Waals surface area contributed by atoms with Crippen LogP contribution in [-0.4, -0.2) is 4.98 Å². The Labute approximate surface area is 89.6 Å². The van der Waals surface area contributed by atoms with E-state index < -0.39 is 0 Å². The normalized spacial score (nSPS) is 8.29. The molecule has 1 heteroatoms. The highest BCUT2D eigenvalue weighted by Crippen LogP contribution is 2.15. The Bertz CT molecular complexity index is 216. The Morgan fingerprint density at radius 3 is 1.86 bits per heavy atom. The second kappa shape index (κ2) is 10.2. The summed E-state index contributed by atoms with van der Waals surface area (Å²) in [5.41, 5.74) is 2.50. The topological polar surface area (TPSA) is 12.9 Å². The minimum absolute atomic E-state index is 0.591. The molecule has 14 heavy (non-hydrogen) atoms. The number of nitrogens with zero attached hydrogens (tertiary/aromatic N) is 1. The van der Waals surface area contributed by atoms with Gasteiger partial charge < -0.3 is 0 Å². The van der Waals surface area contributed by atoms with Gasteiger partial charge in [-0.05, 0) is 24.5 Å². The van der Waals surface area contributed by atoms with E-state index in [0.29, 0.717) is 5.92 Å². The van der Waals surface area contributed by atoms with Crippen LogP contribution in [0.4, 0.5) is 0 Å². The first-order valence-electron chi connectivity index (χ1n) is 5.63. The third kappa shape index (κ3) is 5.74.